The molecule has 140 valence electrons. The number of carbonyl (C=O) groups is 1. The topological polar surface area (TPSA) is 71.2 Å². The third-order valence-electron chi connectivity index (χ3n) is 4.21. The van der Waals surface area contributed by atoms with Gasteiger partial charge < -0.3 is 16.0 Å². The van der Waals surface area contributed by atoms with Gasteiger partial charge in [0, 0.05) is 18.3 Å². The summed E-state index contributed by atoms with van der Waals surface area (Å²) >= 11 is 1.51. The number of nitrogens with zero attached hydrogens (tertiary/aromatic N) is 2. The largest absolute Gasteiger partial charge is 0.351 e. The number of thiazole rings is 1. The third kappa shape index (κ3) is 8.12. The molecule has 1 fully saturated rings. The number of nitrogens with one attached hydrogen (secondary N) is 1. The molecule has 8 heteroatoms. The van der Waals surface area contributed by atoms with E-state index in [-0.39, 0.29) is 30.7 Å². The molecule has 2 heterocycles. The van der Waals surface area contributed by atoms with Crippen molar-refractivity contribution in [2.24, 2.45) is 11.7 Å². The van der Waals surface area contributed by atoms with Gasteiger partial charge in [-0.1, -0.05) is 6.92 Å². The number of piperidine rings is 1. The van der Waals surface area contributed by atoms with Crippen LogP contribution in [-0.4, -0.2) is 48.5 Å². The van der Waals surface area contributed by atoms with E-state index in [9.17, 15) is 4.79 Å². The Morgan fingerprint density at radius 2 is 2.08 bits per heavy atom. The van der Waals surface area contributed by atoms with E-state index >= 15 is 0 Å². The minimum absolute atomic E-state index is 0. The molecule has 1 aromatic rings. The monoisotopic (exact) mass is 396 g/mol. The fraction of sp³-hybridized carbons (Fsp3) is 0.750. The molecule has 0 saturated carbocycles. The highest BCUT2D eigenvalue weighted by Gasteiger charge is 2.15. The molecule has 1 aliphatic heterocycles. The minimum Gasteiger partial charge on any atom is -0.351 e. The summed E-state index contributed by atoms with van der Waals surface area (Å²) in [5.41, 5.74) is 6.02. The van der Waals surface area contributed by atoms with Crippen LogP contribution >= 0.6 is 36.2 Å². The highest BCUT2D eigenvalue weighted by atomic mass is 35.5. The van der Waals surface area contributed by atoms with Gasteiger partial charge in [-0.05, 0) is 57.8 Å². The lowest BCUT2D eigenvalue weighted by atomic mass is 9.99. The molecule has 5 nitrogen and oxygen atoms in total. The summed E-state index contributed by atoms with van der Waals surface area (Å²) in [6, 6.07) is 0. The summed E-state index contributed by atoms with van der Waals surface area (Å²) in [5.74, 6) is 0.823. The normalized spacial score (nSPS) is 15.4. The molecule has 1 amide bonds. The van der Waals surface area contributed by atoms with Gasteiger partial charge in [0.05, 0.1) is 5.01 Å². The number of rotatable bonds is 8. The molecule has 2 rings (SSSR count). The van der Waals surface area contributed by atoms with Crippen molar-refractivity contribution >= 4 is 42.1 Å². The summed E-state index contributed by atoms with van der Waals surface area (Å²) in [6.45, 7) is 7.26. The molecule has 0 radical (unpaired) electrons. The van der Waals surface area contributed by atoms with Gasteiger partial charge in [0.1, 0.15) is 5.69 Å². The smallest absolute Gasteiger partial charge is 0.270 e. The first-order chi connectivity index (χ1) is 10.7. The number of likely N-dealkylation sites (tertiary alicyclic amines) is 1. The Morgan fingerprint density at radius 1 is 1.38 bits per heavy atom. The molecule has 0 spiro atoms. The number of amides is 1. The van der Waals surface area contributed by atoms with Crippen molar-refractivity contribution in [1.82, 2.24) is 15.2 Å². The quantitative estimate of drug-likeness (QED) is 0.662. The average Bonchev–Trinajstić information content (AvgIpc) is 2.98. The second-order valence-corrected chi connectivity index (χ2v) is 7.09. The maximum absolute atomic E-state index is 12.0. The van der Waals surface area contributed by atoms with Crippen LogP contribution in [0.25, 0.3) is 0 Å². The van der Waals surface area contributed by atoms with Crippen LogP contribution in [0.2, 0.25) is 0 Å². The van der Waals surface area contributed by atoms with Gasteiger partial charge in [0.25, 0.3) is 5.91 Å². The van der Waals surface area contributed by atoms with Crippen molar-refractivity contribution < 1.29 is 4.79 Å². The summed E-state index contributed by atoms with van der Waals surface area (Å²) in [6.07, 6.45) is 5.56. The van der Waals surface area contributed by atoms with E-state index < -0.39 is 0 Å². The molecule has 0 atom stereocenters. The third-order valence-corrected chi connectivity index (χ3v) is 5.11. The van der Waals surface area contributed by atoms with Crippen molar-refractivity contribution in [1.29, 1.82) is 0 Å². The molecule has 1 saturated heterocycles. The summed E-state index contributed by atoms with van der Waals surface area (Å²) in [5, 5.41) is 5.71. The SMILES string of the molecule is CC1CCN(CCCCNC(=O)c2csc(CCN)n2)CC1.Cl.Cl. The van der Waals surface area contributed by atoms with Crippen LogP contribution in [0, 0.1) is 5.92 Å². The first-order valence-electron chi connectivity index (χ1n) is 8.34. The van der Waals surface area contributed by atoms with Crippen LogP contribution in [0.1, 0.15) is 48.1 Å². The Morgan fingerprint density at radius 3 is 2.75 bits per heavy atom. The molecule has 0 aromatic carbocycles. The van der Waals surface area contributed by atoms with E-state index in [1.807, 2.05) is 5.38 Å². The Bertz CT molecular complexity index is 465. The van der Waals surface area contributed by atoms with Crippen LogP contribution in [0.5, 0.6) is 0 Å². The predicted molar refractivity (Wildman–Crippen MR) is 106 cm³/mol. The number of carbonyl (C=O) groups excluding carboxylic acids is 1. The fourth-order valence-corrected chi connectivity index (χ4v) is 3.49. The number of halogens is 2. The molecule has 1 aromatic heterocycles. The van der Waals surface area contributed by atoms with Crippen LogP contribution < -0.4 is 11.1 Å². The van der Waals surface area contributed by atoms with E-state index in [1.54, 1.807) is 0 Å². The lowest BCUT2D eigenvalue weighted by Crippen LogP contribution is -2.34. The molecular formula is C16H30Cl2N4OS. The lowest BCUT2D eigenvalue weighted by Gasteiger charge is -2.30. The predicted octanol–water partition coefficient (Wildman–Crippen LogP) is 2.73. The van der Waals surface area contributed by atoms with Crippen LogP contribution in [0.15, 0.2) is 5.38 Å². The Kier molecular flexibility index (Phi) is 12.7. The number of hydrogen-bond acceptors (Lipinski definition) is 5. The fourth-order valence-electron chi connectivity index (χ4n) is 2.69. The number of unbranched alkanes of at least 4 members (excludes halogenated alkanes) is 1. The zero-order valence-electron chi connectivity index (χ0n) is 14.3. The maximum Gasteiger partial charge on any atom is 0.270 e. The summed E-state index contributed by atoms with van der Waals surface area (Å²) in [7, 11) is 0. The standard InChI is InChI=1S/C16H28N4OS.2ClH/c1-13-5-10-20(11-6-13)9-3-2-8-18-16(21)14-12-22-15(19-14)4-7-17;;/h12-13H,2-11,17H2,1H3,(H,18,21);2*1H. The van der Waals surface area contributed by atoms with Crippen molar-refractivity contribution in [2.45, 2.75) is 39.0 Å². The molecule has 0 bridgehead atoms. The highest BCUT2D eigenvalue weighted by molar-refractivity contribution is 7.09. The second-order valence-electron chi connectivity index (χ2n) is 6.15. The summed E-state index contributed by atoms with van der Waals surface area (Å²) in [4.78, 5) is 18.8. The molecule has 24 heavy (non-hydrogen) atoms. The first kappa shape index (κ1) is 23.6. The van der Waals surface area contributed by atoms with Crippen molar-refractivity contribution in [2.75, 3.05) is 32.7 Å². The van der Waals surface area contributed by atoms with Crippen LogP contribution in [-0.2, 0) is 6.42 Å². The van der Waals surface area contributed by atoms with Gasteiger partial charge in [-0.15, -0.1) is 36.2 Å². The highest BCUT2D eigenvalue weighted by Crippen LogP contribution is 2.16. The molecule has 0 aliphatic carbocycles. The van der Waals surface area contributed by atoms with Gasteiger partial charge in [-0.25, -0.2) is 4.98 Å². The van der Waals surface area contributed by atoms with Crippen LogP contribution in [0.3, 0.4) is 0 Å². The second kappa shape index (κ2) is 12.9. The number of aromatic nitrogens is 1. The van der Waals surface area contributed by atoms with Gasteiger partial charge in [0.2, 0.25) is 0 Å². The Labute approximate surface area is 161 Å². The van der Waals surface area contributed by atoms with Gasteiger partial charge in [-0.3, -0.25) is 4.79 Å². The molecule has 3 N–H and O–H groups in total. The lowest BCUT2D eigenvalue weighted by molar-refractivity contribution is 0.0947. The van der Waals surface area contributed by atoms with Gasteiger partial charge in [-0.2, -0.15) is 0 Å². The average molecular weight is 397 g/mol. The van der Waals surface area contributed by atoms with Crippen molar-refractivity contribution in [3.05, 3.63) is 16.1 Å². The van der Waals surface area contributed by atoms with E-state index in [1.165, 1.54) is 37.3 Å². The van der Waals surface area contributed by atoms with Crippen molar-refractivity contribution in [3.8, 4) is 0 Å². The molecule has 0 unspecified atom stereocenters. The Hall–Kier alpha value is -0.400. The van der Waals surface area contributed by atoms with Crippen molar-refractivity contribution in [3.63, 3.8) is 0 Å². The van der Waals surface area contributed by atoms with E-state index in [4.69, 9.17) is 5.73 Å². The zero-order chi connectivity index (χ0) is 15.8. The summed E-state index contributed by atoms with van der Waals surface area (Å²) < 4.78 is 0. The maximum atomic E-state index is 12.0. The van der Waals surface area contributed by atoms with Gasteiger partial charge in [0.15, 0.2) is 0 Å². The van der Waals surface area contributed by atoms with E-state index in [0.29, 0.717) is 12.2 Å². The minimum atomic E-state index is -0.0636. The zero-order valence-corrected chi connectivity index (χ0v) is 16.8. The van der Waals surface area contributed by atoms with E-state index in [0.717, 1.165) is 43.3 Å². The molecular weight excluding hydrogens is 367 g/mol. The van der Waals surface area contributed by atoms with Crippen LogP contribution in [0.4, 0.5) is 0 Å². The first-order valence-corrected chi connectivity index (χ1v) is 9.22. The Balaban J connectivity index is 0.00000264. The molecule has 1 aliphatic rings. The number of nitrogens with two attached hydrogens (primary N) is 1. The van der Waals surface area contributed by atoms with E-state index in [2.05, 4.69) is 22.1 Å². The number of hydrogen-bond donors (Lipinski definition) is 2. The van der Waals surface area contributed by atoms with Gasteiger partial charge >= 0.3 is 0 Å².